The van der Waals surface area contributed by atoms with Crippen LogP contribution in [-0.4, -0.2) is 40.5 Å². The van der Waals surface area contributed by atoms with Gasteiger partial charge in [-0.3, -0.25) is 4.79 Å². The van der Waals surface area contributed by atoms with Crippen molar-refractivity contribution in [2.45, 2.75) is 6.42 Å². The zero-order valence-electron chi connectivity index (χ0n) is 16.8. The molecule has 1 aromatic heterocycles. The molecule has 32 heavy (non-hydrogen) atoms. The normalized spacial score (nSPS) is 13.2. The molecule has 11 heteroatoms. The number of hydrogen-bond donors (Lipinski definition) is 2. The minimum atomic E-state index is -0.579. The Morgan fingerprint density at radius 1 is 1.25 bits per heavy atom. The molecular weight excluding hydrogens is 438 g/mol. The third kappa shape index (κ3) is 4.97. The molecule has 8 nitrogen and oxygen atoms in total. The highest BCUT2D eigenvalue weighted by Gasteiger charge is 2.15. The molecule has 0 unspecified atom stereocenters. The molecule has 0 atom stereocenters. The first-order chi connectivity index (χ1) is 15.5. The summed E-state index contributed by atoms with van der Waals surface area (Å²) in [7, 11) is -0.0527. The number of amides is 1. The molecule has 1 aliphatic rings. The molecule has 0 radical (unpaired) electrons. The van der Waals surface area contributed by atoms with Crippen molar-refractivity contribution in [3.63, 3.8) is 0 Å². The van der Waals surface area contributed by atoms with Crippen LogP contribution < -0.4 is 15.4 Å². The number of carbonyl (C=O) groups is 1. The highest BCUT2D eigenvalue weighted by Crippen LogP contribution is 2.33. The number of nitrogens with one attached hydrogen (secondary N) is 2. The molecule has 2 N–H and O–H groups in total. The third-order valence-electron chi connectivity index (χ3n) is 4.59. The fourth-order valence-corrected chi connectivity index (χ4v) is 4.10. The number of nitrogens with zero attached hydrogens (tertiary/aromatic N) is 4. The molecule has 2 heterocycles. The topological polar surface area (TPSA) is 112 Å². The maximum atomic E-state index is 15.0. The molecule has 1 saturated heterocycles. The summed E-state index contributed by atoms with van der Waals surface area (Å²) in [5.41, 5.74) is 1.20. The summed E-state index contributed by atoms with van der Waals surface area (Å²) in [6.07, 6.45) is 2.43. The van der Waals surface area contributed by atoms with Gasteiger partial charge in [-0.1, -0.05) is 10.7 Å². The van der Waals surface area contributed by atoms with Crippen molar-refractivity contribution in [3.8, 4) is 11.8 Å². The monoisotopic (exact) mass is 456 g/mol. The van der Waals surface area contributed by atoms with Crippen LogP contribution >= 0.6 is 0 Å². The standard InChI is InChI=1S/C21H18F2N6O2S/c22-13-2-3-16(18(8-13)31-11-19(30)25-5-4-24)28-21-20-15(23)9-14(29-32-6-1-7-32)10-17(20)26-12-27-21/h2-3,8-10,12H,1,5-7,11H2,(H,25,30)(H,26,27,28). The van der Waals surface area contributed by atoms with Crippen LogP contribution in [0.15, 0.2) is 41.0 Å². The summed E-state index contributed by atoms with van der Waals surface area (Å²) in [5, 5.41) is 13.9. The van der Waals surface area contributed by atoms with Crippen molar-refractivity contribution in [2.24, 2.45) is 4.36 Å². The van der Waals surface area contributed by atoms with Gasteiger partial charge in [-0.05, 0) is 24.6 Å². The Balaban J connectivity index is 1.62. The molecule has 0 spiro atoms. The van der Waals surface area contributed by atoms with Gasteiger partial charge >= 0.3 is 0 Å². The Morgan fingerprint density at radius 2 is 2.09 bits per heavy atom. The zero-order chi connectivity index (χ0) is 22.5. The number of halogens is 2. The molecule has 1 fully saturated rings. The van der Waals surface area contributed by atoms with Gasteiger partial charge in [-0.2, -0.15) is 5.26 Å². The first-order valence-corrected chi connectivity index (χ1v) is 11.2. The number of fused-ring (bicyclic) bond motifs is 1. The summed E-state index contributed by atoms with van der Waals surface area (Å²) in [6.45, 7) is -0.594. The van der Waals surface area contributed by atoms with Crippen molar-refractivity contribution < 1.29 is 18.3 Å². The van der Waals surface area contributed by atoms with E-state index in [1.165, 1.54) is 24.5 Å². The average Bonchev–Trinajstić information content (AvgIpc) is 2.75. The maximum absolute atomic E-state index is 15.0. The summed E-state index contributed by atoms with van der Waals surface area (Å²) in [6, 6.07) is 8.52. The molecule has 0 bridgehead atoms. The predicted molar refractivity (Wildman–Crippen MR) is 117 cm³/mol. The number of anilines is 2. The van der Waals surface area contributed by atoms with Gasteiger partial charge in [0, 0.05) is 23.6 Å². The van der Waals surface area contributed by atoms with E-state index < -0.39 is 24.1 Å². The van der Waals surface area contributed by atoms with Crippen molar-refractivity contribution in [1.82, 2.24) is 15.3 Å². The number of benzene rings is 2. The molecule has 1 amide bonds. The Hall–Kier alpha value is -3.65. The van der Waals surface area contributed by atoms with E-state index in [1.807, 2.05) is 0 Å². The smallest absolute Gasteiger partial charge is 0.258 e. The summed E-state index contributed by atoms with van der Waals surface area (Å²) >= 11 is 0. The lowest BCUT2D eigenvalue weighted by atomic mass is 10.2. The third-order valence-corrected chi connectivity index (χ3v) is 6.58. The van der Waals surface area contributed by atoms with Gasteiger partial charge in [0.25, 0.3) is 5.91 Å². The first-order valence-electron chi connectivity index (χ1n) is 9.70. The fraction of sp³-hybridized carbons (Fsp3) is 0.238. The Morgan fingerprint density at radius 3 is 2.84 bits per heavy atom. The molecule has 4 rings (SSSR count). The van der Waals surface area contributed by atoms with Gasteiger partial charge in [-0.15, -0.1) is 0 Å². The second kappa shape index (κ2) is 9.65. The lowest BCUT2D eigenvalue weighted by Crippen LogP contribution is -2.29. The van der Waals surface area contributed by atoms with E-state index in [0.29, 0.717) is 11.2 Å². The van der Waals surface area contributed by atoms with Crippen LogP contribution in [-0.2, 0) is 15.5 Å². The van der Waals surface area contributed by atoms with Gasteiger partial charge in [0.1, 0.15) is 36.1 Å². The van der Waals surface area contributed by atoms with Crippen molar-refractivity contribution >= 4 is 44.7 Å². The average molecular weight is 456 g/mol. The molecular formula is C21H18F2N6O2S. The van der Waals surface area contributed by atoms with Gasteiger partial charge in [0.15, 0.2) is 6.61 Å². The number of nitriles is 1. The minimum Gasteiger partial charge on any atom is -0.481 e. The highest BCUT2D eigenvalue weighted by molar-refractivity contribution is 7.88. The van der Waals surface area contributed by atoms with Crippen LogP contribution in [0.5, 0.6) is 5.75 Å². The van der Waals surface area contributed by atoms with Crippen molar-refractivity contribution in [2.75, 3.05) is 30.0 Å². The summed E-state index contributed by atoms with van der Waals surface area (Å²) in [5.74, 6) is 0.594. The molecule has 0 aliphatic carbocycles. The highest BCUT2D eigenvalue weighted by atomic mass is 32.2. The second-order valence-corrected chi connectivity index (χ2v) is 8.77. The Kier molecular flexibility index (Phi) is 6.51. The number of rotatable bonds is 7. The largest absolute Gasteiger partial charge is 0.481 e. The van der Waals surface area contributed by atoms with Crippen LogP contribution in [0.3, 0.4) is 0 Å². The molecule has 164 valence electrons. The lowest BCUT2D eigenvalue weighted by molar-refractivity contribution is -0.122. The number of carbonyl (C=O) groups excluding carboxylic acids is 1. The lowest BCUT2D eigenvalue weighted by Gasteiger charge is -2.16. The van der Waals surface area contributed by atoms with Crippen LogP contribution in [0.1, 0.15) is 6.42 Å². The van der Waals surface area contributed by atoms with E-state index in [4.69, 9.17) is 10.00 Å². The predicted octanol–water partition coefficient (Wildman–Crippen LogP) is 3.51. The van der Waals surface area contributed by atoms with E-state index in [0.717, 1.165) is 24.0 Å². The van der Waals surface area contributed by atoms with Crippen LogP contribution in [0.4, 0.5) is 26.0 Å². The summed E-state index contributed by atoms with van der Waals surface area (Å²) < 4.78 is 38.7. The molecule has 2 aromatic carbocycles. The SMILES string of the molecule is N#CCNC(=O)COc1cc(F)ccc1Nc1ncnc2cc(N=S3CCC3)cc(F)c12. The maximum Gasteiger partial charge on any atom is 0.258 e. The van der Waals surface area contributed by atoms with Gasteiger partial charge in [-0.25, -0.2) is 23.1 Å². The van der Waals surface area contributed by atoms with Crippen LogP contribution in [0.2, 0.25) is 0 Å². The van der Waals surface area contributed by atoms with Gasteiger partial charge < -0.3 is 15.4 Å². The number of hydrogen-bond acceptors (Lipinski definition) is 7. The van der Waals surface area contributed by atoms with Crippen LogP contribution in [0.25, 0.3) is 10.9 Å². The van der Waals surface area contributed by atoms with Gasteiger partial charge in [0.2, 0.25) is 0 Å². The van der Waals surface area contributed by atoms with E-state index in [-0.39, 0.29) is 39.9 Å². The first kappa shape index (κ1) is 21.6. The zero-order valence-corrected chi connectivity index (χ0v) is 17.6. The van der Waals surface area contributed by atoms with Crippen LogP contribution in [0, 0.1) is 23.0 Å². The van der Waals surface area contributed by atoms with E-state index in [1.54, 1.807) is 12.1 Å². The molecule has 1 aliphatic heterocycles. The fourth-order valence-electron chi connectivity index (χ4n) is 2.97. The number of ether oxygens (including phenoxy) is 1. The second-order valence-electron chi connectivity index (χ2n) is 6.85. The molecule has 0 saturated carbocycles. The van der Waals surface area contributed by atoms with E-state index in [9.17, 15) is 13.6 Å². The van der Waals surface area contributed by atoms with Crippen molar-refractivity contribution in [3.05, 3.63) is 48.3 Å². The van der Waals surface area contributed by atoms with E-state index in [2.05, 4.69) is 25.0 Å². The molecule has 3 aromatic rings. The van der Waals surface area contributed by atoms with Crippen molar-refractivity contribution in [1.29, 1.82) is 5.26 Å². The number of aromatic nitrogens is 2. The minimum absolute atomic E-state index is 0.0297. The summed E-state index contributed by atoms with van der Waals surface area (Å²) in [4.78, 5) is 20.0. The quantitative estimate of drug-likeness (QED) is 0.526. The Bertz CT molecular complexity index is 1260. The van der Waals surface area contributed by atoms with Gasteiger partial charge in [0.05, 0.1) is 28.3 Å². The van der Waals surface area contributed by atoms with E-state index >= 15 is 0 Å². The Labute approximate surface area is 184 Å².